The molecule has 1 atom stereocenters. The van der Waals surface area contributed by atoms with Crippen molar-refractivity contribution in [2.45, 2.75) is 38.2 Å². The second-order valence-electron chi connectivity index (χ2n) is 4.99. The van der Waals surface area contributed by atoms with E-state index < -0.39 is 12.1 Å². The number of rotatable bonds is 2. The molecule has 0 heterocycles. The number of aliphatic hydroxyl groups excluding tert-OH is 1. The van der Waals surface area contributed by atoms with Gasteiger partial charge < -0.3 is 10.2 Å². The summed E-state index contributed by atoms with van der Waals surface area (Å²) >= 11 is 0. The highest BCUT2D eigenvalue weighted by Gasteiger charge is 2.19. The van der Waals surface area contributed by atoms with Crippen LogP contribution in [0.2, 0.25) is 0 Å². The van der Waals surface area contributed by atoms with Gasteiger partial charge in [-0.3, -0.25) is 0 Å². The second-order valence-corrected chi connectivity index (χ2v) is 4.99. The molecule has 0 aliphatic heterocycles. The van der Waals surface area contributed by atoms with Gasteiger partial charge in [0, 0.05) is 5.56 Å². The molecular formula is C16H18O3. The maximum absolute atomic E-state index is 10.7. The first-order valence-electron chi connectivity index (χ1n) is 6.70. The molecule has 0 amide bonds. The molecule has 2 N–H and O–H groups in total. The molecule has 1 aromatic rings. The first-order chi connectivity index (χ1) is 9.16. The maximum atomic E-state index is 10.7. The fourth-order valence-electron chi connectivity index (χ4n) is 2.42. The largest absolute Gasteiger partial charge is 0.478 e. The van der Waals surface area contributed by atoms with Crippen molar-refractivity contribution in [3.8, 4) is 11.8 Å². The Labute approximate surface area is 113 Å². The topological polar surface area (TPSA) is 57.5 Å². The van der Waals surface area contributed by atoms with Gasteiger partial charge in [-0.15, -0.1) is 0 Å². The number of carboxylic acids is 1. The van der Waals surface area contributed by atoms with Crippen molar-refractivity contribution in [2.75, 3.05) is 0 Å². The van der Waals surface area contributed by atoms with E-state index in [4.69, 9.17) is 5.11 Å². The molecule has 0 aromatic heterocycles. The lowest BCUT2D eigenvalue weighted by molar-refractivity contribution is 0.0697. The van der Waals surface area contributed by atoms with Crippen LogP contribution in [0.1, 0.15) is 48.0 Å². The molecule has 1 aromatic carbocycles. The summed E-state index contributed by atoms with van der Waals surface area (Å²) in [6, 6.07) is 6.40. The highest BCUT2D eigenvalue weighted by atomic mass is 16.4. The van der Waals surface area contributed by atoms with E-state index >= 15 is 0 Å². The van der Waals surface area contributed by atoms with E-state index in [-0.39, 0.29) is 5.56 Å². The van der Waals surface area contributed by atoms with E-state index in [2.05, 4.69) is 11.8 Å². The Kier molecular flexibility index (Phi) is 4.59. The Morgan fingerprint density at radius 2 is 1.79 bits per heavy atom. The first-order valence-corrected chi connectivity index (χ1v) is 6.70. The van der Waals surface area contributed by atoms with Gasteiger partial charge in [0.1, 0.15) is 6.10 Å². The standard InChI is InChI=1S/C16H18O3/c17-15(13-4-2-1-3-5-13)11-8-12-6-9-14(10-7-12)16(18)19/h6-7,9-10,13,15,17H,1-5H2,(H,18,19). The Bertz CT molecular complexity index is 487. The van der Waals surface area contributed by atoms with E-state index in [9.17, 15) is 9.90 Å². The van der Waals surface area contributed by atoms with Gasteiger partial charge in [-0.1, -0.05) is 31.1 Å². The number of aliphatic hydroxyl groups is 1. The molecule has 19 heavy (non-hydrogen) atoms. The van der Waals surface area contributed by atoms with E-state index in [0.29, 0.717) is 5.92 Å². The fourth-order valence-corrected chi connectivity index (χ4v) is 2.42. The Morgan fingerprint density at radius 1 is 1.16 bits per heavy atom. The molecule has 2 rings (SSSR count). The summed E-state index contributed by atoms with van der Waals surface area (Å²) in [6.45, 7) is 0. The Balaban J connectivity index is 2.00. The molecule has 1 saturated carbocycles. The molecule has 0 saturated heterocycles. The van der Waals surface area contributed by atoms with Gasteiger partial charge >= 0.3 is 5.97 Å². The van der Waals surface area contributed by atoms with E-state index in [1.807, 2.05) is 0 Å². The van der Waals surface area contributed by atoms with Crippen molar-refractivity contribution >= 4 is 5.97 Å². The third-order valence-electron chi connectivity index (χ3n) is 3.59. The number of hydrogen-bond donors (Lipinski definition) is 2. The Morgan fingerprint density at radius 3 is 2.37 bits per heavy atom. The van der Waals surface area contributed by atoms with Crippen molar-refractivity contribution in [1.29, 1.82) is 0 Å². The summed E-state index contributed by atoms with van der Waals surface area (Å²) in [5.41, 5.74) is 0.984. The summed E-state index contributed by atoms with van der Waals surface area (Å²) < 4.78 is 0. The Hall–Kier alpha value is -1.79. The van der Waals surface area contributed by atoms with Crippen LogP contribution < -0.4 is 0 Å². The van der Waals surface area contributed by atoms with Crippen LogP contribution in [0.5, 0.6) is 0 Å². The second kappa shape index (κ2) is 6.40. The summed E-state index contributed by atoms with van der Waals surface area (Å²) in [5.74, 6) is 5.14. The highest BCUT2D eigenvalue weighted by molar-refractivity contribution is 5.87. The van der Waals surface area contributed by atoms with Gasteiger partial charge in [0.25, 0.3) is 0 Å². The number of carbonyl (C=O) groups is 1. The zero-order valence-corrected chi connectivity index (χ0v) is 10.8. The lowest BCUT2D eigenvalue weighted by Gasteiger charge is -2.23. The van der Waals surface area contributed by atoms with Crippen molar-refractivity contribution < 1.29 is 15.0 Å². The van der Waals surface area contributed by atoms with Crippen LogP contribution in [0, 0.1) is 17.8 Å². The van der Waals surface area contributed by atoms with Crippen LogP contribution in [0.3, 0.4) is 0 Å². The highest BCUT2D eigenvalue weighted by Crippen LogP contribution is 2.26. The lowest BCUT2D eigenvalue weighted by Crippen LogP contribution is -2.21. The zero-order chi connectivity index (χ0) is 13.7. The van der Waals surface area contributed by atoms with E-state index in [1.165, 1.54) is 31.4 Å². The molecular weight excluding hydrogens is 240 g/mol. The lowest BCUT2D eigenvalue weighted by atomic mass is 9.85. The molecule has 0 bridgehead atoms. The van der Waals surface area contributed by atoms with Crippen LogP contribution in [0.25, 0.3) is 0 Å². The molecule has 1 aliphatic carbocycles. The minimum atomic E-state index is -0.943. The first kappa shape index (κ1) is 13.6. The molecule has 0 radical (unpaired) electrons. The summed E-state index contributed by atoms with van der Waals surface area (Å²) in [6.07, 6.45) is 5.14. The van der Waals surface area contributed by atoms with Crippen molar-refractivity contribution in [3.05, 3.63) is 35.4 Å². The third kappa shape index (κ3) is 3.84. The number of hydrogen-bond acceptors (Lipinski definition) is 2. The summed E-state index contributed by atoms with van der Waals surface area (Å²) in [5, 5.41) is 18.8. The van der Waals surface area contributed by atoms with Gasteiger partial charge in [-0.25, -0.2) is 4.79 Å². The molecule has 1 aliphatic rings. The SMILES string of the molecule is O=C(O)c1ccc(C#CC(O)C2CCCCC2)cc1. The smallest absolute Gasteiger partial charge is 0.335 e. The van der Waals surface area contributed by atoms with Crippen LogP contribution in [-0.2, 0) is 0 Å². The van der Waals surface area contributed by atoms with Crippen LogP contribution >= 0.6 is 0 Å². The van der Waals surface area contributed by atoms with Gasteiger partial charge in [-0.2, -0.15) is 0 Å². The fraction of sp³-hybridized carbons (Fsp3) is 0.438. The predicted octanol–water partition coefficient (Wildman–Crippen LogP) is 2.68. The van der Waals surface area contributed by atoms with E-state index in [0.717, 1.165) is 18.4 Å². The summed E-state index contributed by atoms with van der Waals surface area (Å²) in [7, 11) is 0. The third-order valence-corrected chi connectivity index (χ3v) is 3.59. The van der Waals surface area contributed by atoms with Gasteiger partial charge in [0.05, 0.1) is 5.56 Å². The maximum Gasteiger partial charge on any atom is 0.335 e. The average Bonchev–Trinajstić information content (AvgIpc) is 2.46. The average molecular weight is 258 g/mol. The van der Waals surface area contributed by atoms with Crippen LogP contribution in [-0.4, -0.2) is 22.3 Å². The van der Waals surface area contributed by atoms with Gasteiger partial charge in [-0.05, 0) is 43.0 Å². The normalized spacial score (nSPS) is 17.3. The summed E-state index contributed by atoms with van der Waals surface area (Å²) in [4.78, 5) is 10.7. The molecule has 1 fully saturated rings. The van der Waals surface area contributed by atoms with Crippen molar-refractivity contribution in [2.24, 2.45) is 5.92 Å². The number of carboxylic acid groups (broad SMARTS) is 1. The minimum absolute atomic E-state index is 0.248. The molecule has 3 nitrogen and oxygen atoms in total. The minimum Gasteiger partial charge on any atom is -0.478 e. The predicted molar refractivity (Wildman–Crippen MR) is 72.9 cm³/mol. The molecule has 0 spiro atoms. The molecule has 3 heteroatoms. The van der Waals surface area contributed by atoms with Crippen LogP contribution in [0.15, 0.2) is 24.3 Å². The molecule has 100 valence electrons. The number of aromatic carboxylic acids is 1. The van der Waals surface area contributed by atoms with Crippen molar-refractivity contribution in [3.63, 3.8) is 0 Å². The zero-order valence-electron chi connectivity index (χ0n) is 10.8. The van der Waals surface area contributed by atoms with E-state index in [1.54, 1.807) is 12.1 Å². The monoisotopic (exact) mass is 258 g/mol. The van der Waals surface area contributed by atoms with Gasteiger partial charge in [0.2, 0.25) is 0 Å². The van der Waals surface area contributed by atoms with Gasteiger partial charge in [0.15, 0.2) is 0 Å². The molecule has 1 unspecified atom stereocenters. The number of benzene rings is 1. The van der Waals surface area contributed by atoms with Crippen molar-refractivity contribution in [1.82, 2.24) is 0 Å². The van der Waals surface area contributed by atoms with Crippen LogP contribution in [0.4, 0.5) is 0 Å². The quantitative estimate of drug-likeness (QED) is 0.802.